The summed E-state index contributed by atoms with van der Waals surface area (Å²) in [7, 11) is 3.11. The molecule has 0 spiro atoms. The minimum Gasteiger partial charge on any atom is -0.497 e. The van der Waals surface area contributed by atoms with Crippen molar-refractivity contribution in [2.45, 2.75) is 6.54 Å². The maximum atomic E-state index is 12.5. The topological polar surface area (TPSA) is 61.2 Å². The molecule has 3 rings (SSSR count). The lowest BCUT2D eigenvalue weighted by Crippen LogP contribution is -3.12. The highest BCUT2D eigenvalue weighted by atomic mass is 16.5. The van der Waals surface area contributed by atoms with Gasteiger partial charge in [0, 0.05) is 17.3 Å². The van der Waals surface area contributed by atoms with Gasteiger partial charge in [-0.05, 0) is 24.3 Å². The smallest absolute Gasteiger partial charge is 0.259 e. The summed E-state index contributed by atoms with van der Waals surface area (Å²) in [5.74, 6) is 0.916. The number of hydrogen-bond acceptors (Lipinski definition) is 4. The first-order chi connectivity index (χ1) is 12.7. The number of benzene rings is 2. The summed E-state index contributed by atoms with van der Waals surface area (Å²) in [4.78, 5) is 14.1. The summed E-state index contributed by atoms with van der Waals surface area (Å²) in [6.45, 7) is 4.70. The molecule has 1 heterocycles. The van der Waals surface area contributed by atoms with Crippen molar-refractivity contribution in [1.82, 2.24) is 0 Å². The number of hydrogen-bond donors (Lipinski definition) is 2. The molecular weight excluding hydrogens is 332 g/mol. The molecule has 2 N–H and O–H groups in total. The van der Waals surface area contributed by atoms with Crippen molar-refractivity contribution >= 4 is 11.6 Å². The second-order valence-corrected chi connectivity index (χ2v) is 6.26. The largest absolute Gasteiger partial charge is 0.497 e. The molecule has 2 aromatic rings. The number of methoxy groups -OCH3 is 2. The Balaban J connectivity index is 1.64. The Hall–Kier alpha value is -2.57. The highest BCUT2D eigenvalue weighted by Gasteiger charge is 2.15. The van der Waals surface area contributed by atoms with E-state index >= 15 is 0 Å². The maximum Gasteiger partial charge on any atom is 0.259 e. The highest BCUT2D eigenvalue weighted by Crippen LogP contribution is 2.25. The van der Waals surface area contributed by atoms with E-state index in [4.69, 9.17) is 14.2 Å². The van der Waals surface area contributed by atoms with E-state index in [9.17, 15) is 4.79 Å². The van der Waals surface area contributed by atoms with E-state index in [1.807, 2.05) is 12.1 Å². The quantitative estimate of drug-likeness (QED) is 0.820. The fourth-order valence-electron chi connectivity index (χ4n) is 3.02. The number of ether oxygens (including phenoxy) is 3. The first kappa shape index (κ1) is 18.2. The Kier molecular flexibility index (Phi) is 6.09. The van der Waals surface area contributed by atoms with E-state index in [2.05, 4.69) is 17.4 Å². The van der Waals surface area contributed by atoms with Gasteiger partial charge in [-0.1, -0.05) is 12.1 Å². The van der Waals surface area contributed by atoms with Gasteiger partial charge in [0.2, 0.25) is 0 Å². The number of morpholine rings is 1. The number of carbonyl (C=O) groups excluding carboxylic acids is 1. The Labute approximate surface area is 153 Å². The van der Waals surface area contributed by atoms with Crippen LogP contribution in [0.1, 0.15) is 15.9 Å². The van der Waals surface area contributed by atoms with Gasteiger partial charge in [-0.3, -0.25) is 4.79 Å². The van der Waals surface area contributed by atoms with Gasteiger partial charge in [-0.15, -0.1) is 0 Å². The first-order valence-corrected chi connectivity index (χ1v) is 8.73. The lowest BCUT2D eigenvalue weighted by atomic mass is 10.1. The van der Waals surface area contributed by atoms with E-state index < -0.39 is 0 Å². The molecule has 138 valence electrons. The molecule has 0 aromatic heterocycles. The van der Waals surface area contributed by atoms with Gasteiger partial charge in [0.25, 0.3) is 5.91 Å². The zero-order chi connectivity index (χ0) is 18.4. The van der Waals surface area contributed by atoms with Crippen molar-refractivity contribution in [3.8, 4) is 11.5 Å². The molecule has 2 aromatic carbocycles. The lowest BCUT2D eigenvalue weighted by Gasteiger charge is -2.23. The summed E-state index contributed by atoms with van der Waals surface area (Å²) in [5, 5.41) is 2.91. The molecule has 1 fully saturated rings. The van der Waals surface area contributed by atoms with Crippen molar-refractivity contribution in [3.63, 3.8) is 0 Å². The van der Waals surface area contributed by atoms with Crippen molar-refractivity contribution in [1.29, 1.82) is 0 Å². The van der Waals surface area contributed by atoms with Crippen LogP contribution in [0, 0.1) is 0 Å². The summed E-state index contributed by atoms with van der Waals surface area (Å²) < 4.78 is 15.8. The fourth-order valence-corrected chi connectivity index (χ4v) is 3.02. The van der Waals surface area contributed by atoms with Crippen LogP contribution in [0.25, 0.3) is 0 Å². The molecular formula is C20H25N2O4+. The summed E-state index contributed by atoms with van der Waals surface area (Å²) >= 11 is 0. The molecule has 1 amide bonds. The van der Waals surface area contributed by atoms with Gasteiger partial charge in [0.15, 0.2) is 0 Å². The summed E-state index contributed by atoms with van der Waals surface area (Å²) in [6.07, 6.45) is 0. The number of nitrogens with one attached hydrogen (secondary N) is 2. The number of carbonyl (C=O) groups is 1. The maximum absolute atomic E-state index is 12.5. The van der Waals surface area contributed by atoms with Gasteiger partial charge >= 0.3 is 0 Å². The zero-order valence-electron chi connectivity index (χ0n) is 15.2. The lowest BCUT2D eigenvalue weighted by molar-refractivity contribution is -0.921. The molecule has 1 aliphatic heterocycles. The monoisotopic (exact) mass is 357 g/mol. The predicted octanol–water partition coefficient (Wildman–Crippen LogP) is 1.37. The fraction of sp³-hybridized carbons (Fsp3) is 0.350. The Bertz CT molecular complexity index is 740. The zero-order valence-corrected chi connectivity index (χ0v) is 15.2. The van der Waals surface area contributed by atoms with Crippen LogP contribution in [0.3, 0.4) is 0 Å². The SMILES string of the molecule is COc1ccc(C(=O)Nc2ccc(C[NH+]3CCOCC3)cc2)c(OC)c1. The predicted molar refractivity (Wildman–Crippen MR) is 99.2 cm³/mol. The number of quaternary nitrogens is 1. The van der Waals surface area contributed by atoms with Crippen LogP contribution < -0.4 is 19.7 Å². The van der Waals surface area contributed by atoms with Crippen LogP contribution in [0.15, 0.2) is 42.5 Å². The molecule has 26 heavy (non-hydrogen) atoms. The number of anilines is 1. The number of rotatable bonds is 6. The molecule has 0 atom stereocenters. The van der Waals surface area contributed by atoms with Crippen LogP contribution in [0.4, 0.5) is 5.69 Å². The molecule has 0 unspecified atom stereocenters. The van der Waals surface area contributed by atoms with Crippen molar-refractivity contribution in [2.24, 2.45) is 0 Å². The Morgan fingerprint density at radius 3 is 2.46 bits per heavy atom. The van der Waals surface area contributed by atoms with E-state index in [1.165, 1.54) is 17.6 Å². The van der Waals surface area contributed by atoms with Gasteiger partial charge in [0.05, 0.1) is 33.0 Å². The van der Waals surface area contributed by atoms with Gasteiger partial charge < -0.3 is 24.4 Å². The third kappa shape index (κ3) is 4.53. The molecule has 0 aliphatic carbocycles. The normalized spacial score (nSPS) is 14.7. The minimum absolute atomic E-state index is 0.212. The van der Waals surface area contributed by atoms with Gasteiger partial charge in [0.1, 0.15) is 31.1 Å². The van der Waals surface area contributed by atoms with Crippen molar-refractivity contribution < 1.29 is 23.9 Å². The van der Waals surface area contributed by atoms with Crippen LogP contribution in [-0.4, -0.2) is 46.4 Å². The third-order valence-corrected chi connectivity index (χ3v) is 4.52. The Morgan fingerprint density at radius 1 is 1.08 bits per heavy atom. The van der Waals surface area contributed by atoms with Crippen molar-refractivity contribution in [3.05, 3.63) is 53.6 Å². The summed E-state index contributed by atoms with van der Waals surface area (Å²) in [6, 6.07) is 13.1. The van der Waals surface area contributed by atoms with E-state index in [0.717, 1.165) is 38.5 Å². The van der Waals surface area contributed by atoms with Crippen LogP contribution >= 0.6 is 0 Å². The summed E-state index contributed by atoms with van der Waals surface area (Å²) in [5.41, 5.74) is 2.48. The molecule has 0 radical (unpaired) electrons. The van der Waals surface area contributed by atoms with E-state index in [-0.39, 0.29) is 5.91 Å². The molecule has 1 aliphatic rings. The highest BCUT2D eigenvalue weighted by molar-refractivity contribution is 6.06. The van der Waals surface area contributed by atoms with Crippen LogP contribution in [0.2, 0.25) is 0 Å². The second kappa shape index (κ2) is 8.69. The molecule has 6 nitrogen and oxygen atoms in total. The number of amides is 1. The average Bonchev–Trinajstić information content (AvgIpc) is 2.69. The molecule has 1 saturated heterocycles. The van der Waals surface area contributed by atoms with Gasteiger partial charge in [-0.25, -0.2) is 0 Å². The molecule has 0 bridgehead atoms. The molecule has 6 heteroatoms. The van der Waals surface area contributed by atoms with Crippen molar-refractivity contribution in [2.75, 3.05) is 45.8 Å². The third-order valence-electron chi connectivity index (χ3n) is 4.52. The van der Waals surface area contributed by atoms with Crippen LogP contribution in [0.5, 0.6) is 11.5 Å². The Morgan fingerprint density at radius 2 is 1.81 bits per heavy atom. The van der Waals surface area contributed by atoms with E-state index in [1.54, 1.807) is 25.3 Å². The standard InChI is InChI=1S/C20H24N2O4/c1-24-17-7-8-18(19(13-17)25-2)20(23)21-16-5-3-15(4-6-16)14-22-9-11-26-12-10-22/h3-8,13H,9-12,14H2,1-2H3,(H,21,23)/p+1. The molecule has 0 saturated carbocycles. The minimum atomic E-state index is -0.212. The van der Waals surface area contributed by atoms with Crippen LogP contribution in [-0.2, 0) is 11.3 Å². The average molecular weight is 357 g/mol. The second-order valence-electron chi connectivity index (χ2n) is 6.26. The van der Waals surface area contributed by atoms with Gasteiger partial charge in [-0.2, -0.15) is 0 Å². The first-order valence-electron chi connectivity index (χ1n) is 8.73. The van der Waals surface area contributed by atoms with E-state index in [0.29, 0.717) is 17.1 Å².